The van der Waals surface area contributed by atoms with Crippen LogP contribution in [0.2, 0.25) is 0 Å². The zero-order chi connectivity index (χ0) is 27.7. The van der Waals surface area contributed by atoms with E-state index in [1.807, 2.05) is 0 Å². The summed E-state index contributed by atoms with van der Waals surface area (Å²) < 4.78 is 36.7. The highest BCUT2D eigenvalue weighted by Gasteiger charge is 2.53. The number of phenols is 1. The number of benzene rings is 1. The molecule has 1 heterocycles. The molecule has 0 saturated carbocycles. The van der Waals surface area contributed by atoms with Crippen LogP contribution in [0.4, 0.5) is 0 Å². The van der Waals surface area contributed by atoms with Crippen LogP contribution in [0.3, 0.4) is 0 Å². The molecule has 1 aromatic carbocycles. The molecule has 0 radical (unpaired) electrons. The van der Waals surface area contributed by atoms with Crippen LogP contribution in [-0.2, 0) is 52.4 Å². The number of phenolic OH excluding ortho intramolecular Hbond substituents is 1. The van der Waals surface area contributed by atoms with Gasteiger partial charge in [0.05, 0.1) is 7.11 Å². The number of carbonyl (C=O) groups excluding carboxylic acids is 5. The third-order valence-corrected chi connectivity index (χ3v) is 4.80. The molecule has 202 valence electrons. The molecule has 1 N–H and O–H groups in total. The summed E-state index contributed by atoms with van der Waals surface area (Å²) in [4.78, 5) is 59.4. The molecule has 1 fully saturated rings. The quantitative estimate of drug-likeness (QED) is 0.276. The average Bonchev–Trinajstić information content (AvgIpc) is 2.80. The van der Waals surface area contributed by atoms with Crippen LogP contribution in [-0.4, -0.2) is 79.4 Å². The Morgan fingerprint density at radius 2 is 1.46 bits per heavy atom. The van der Waals surface area contributed by atoms with Crippen LogP contribution in [0.5, 0.6) is 11.5 Å². The van der Waals surface area contributed by atoms with Crippen molar-refractivity contribution in [3.05, 3.63) is 29.8 Å². The van der Waals surface area contributed by atoms with Gasteiger partial charge in [-0.05, 0) is 23.8 Å². The van der Waals surface area contributed by atoms with Crippen molar-refractivity contribution in [2.24, 2.45) is 0 Å². The van der Waals surface area contributed by atoms with E-state index >= 15 is 0 Å². The Labute approximate surface area is 212 Å². The molecule has 13 nitrogen and oxygen atoms in total. The van der Waals surface area contributed by atoms with Gasteiger partial charge >= 0.3 is 29.8 Å². The lowest BCUT2D eigenvalue weighted by Crippen LogP contribution is -2.63. The maximum absolute atomic E-state index is 12.6. The number of esters is 5. The summed E-state index contributed by atoms with van der Waals surface area (Å²) in [6.45, 7) is 3.89. The van der Waals surface area contributed by atoms with E-state index in [2.05, 4.69) is 0 Å². The highest BCUT2D eigenvalue weighted by molar-refractivity contribution is 5.87. The van der Waals surface area contributed by atoms with E-state index in [-0.39, 0.29) is 11.5 Å². The van der Waals surface area contributed by atoms with Gasteiger partial charge in [-0.15, -0.1) is 0 Å². The van der Waals surface area contributed by atoms with Gasteiger partial charge in [0, 0.05) is 33.8 Å². The minimum Gasteiger partial charge on any atom is -0.504 e. The van der Waals surface area contributed by atoms with E-state index in [1.54, 1.807) is 0 Å². The third kappa shape index (κ3) is 8.79. The maximum atomic E-state index is 12.6. The van der Waals surface area contributed by atoms with Gasteiger partial charge in [0.1, 0.15) is 12.7 Å². The molecule has 2 rings (SSSR count). The third-order valence-electron chi connectivity index (χ3n) is 4.80. The van der Waals surface area contributed by atoms with Gasteiger partial charge in [-0.3, -0.25) is 19.2 Å². The van der Waals surface area contributed by atoms with Gasteiger partial charge in [0.25, 0.3) is 0 Å². The monoisotopic (exact) mass is 524 g/mol. The molecule has 0 unspecified atom stereocenters. The fourth-order valence-corrected chi connectivity index (χ4v) is 3.40. The fourth-order valence-electron chi connectivity index (χ4n) is 3.40. The van der Waals surface area contributed by atoms with Gasteiger partial charge in [-0.2, -0.15) is 0 Å². The van der Waals surface area contributed by atoms with E-state index in [0.717, 1.165) is 33.8 Å². The molecule has 5 atom stereocenters. The lowest BCUT2D eigenvalue weighted by atomic mass is 9.98. The van der Waals surface area contributed by atoms with Crippen molar-refractivity contribution in [2.45, 2.75) is 58.4 Å². The van der Waals surface area contributed by atoms with Crippen molar-refractivity contribution >= 4 is 35.9 Å². The summed E-state index contributed by atoms with van der Waals surface area (Å²) in [5.41, 5.74) is 0.480. The van der Waals surface area contributed by atoms with E-state index in [0.29, 0.717) is 5.56 Å². The number of carbonyl (C=O) groups is 5. The van der Waals surface area contributed by atoms with Gasteiger partial charge in [-0.1, -0.05) is 6.07 Å². The second-order valence-electron chi connectivity index (χ2n) is 7.77. The normalized spacial score (nSPS) is 23.0. The van der Waals surface area contributed by atoms with Crippen molar-refractivity contribution in [3.8, 4) is 11.5 Å². The molecule has 13 heteroatoms. The number of hydrogen-bond donors (Lipinski definition) is 1. The largest absolute Gasteiger partial charge is 0.504 e. The molecule has 1 saturated heterocycles. The summed E-state index contributed by atoms with van der Waals surface area (Å²) in [6, 6.07) is 4.34. The van der Waals surface area contributed by atoms with Crippen LogP contribution in [0.1, 0.15) is 33.3 Å². The average molecular weight is 524 g/mol. The number of aromatic hydroxyl groups is 1. The summed E-state index contributed by atoms with van der Waals surface area (Å²) >= 11 is 0. The van der Waals surface area contributed by atoms with Gasteiger partial charge in [0.2, 0.25) is 12.4 Å². The Morgan fingerprint density at radius 1 is 0.865 bits per heavy atom. The Morgan fingerprint density at radius 3 is 2.03 bits per heavy atom. The summed E-state index contributed by atoms with van der Waals surface area (Å²) in [5.74, 6) is -4.00. The molecular formula is C24H28O13. The predicted octanol–water partition coefficient (Wildman–Crippen LogP) is 1.04. The van der Waals surface area contributed by atoms with Crippen LogP contribution < -0.4 is 4.74 Å². The molecule has 0 spiro atoms. The Balaban J connectivity index is 2.36. The predicted molar refractivity (Wildman–Crippen MR) is 122 cm³/mol. The SMILES string of the molecule is COc1cc(/C=C/C(=O)O[C@H]2O[C@H](COC(C)=O)[C@@H](OC(C)=O)[C@H](OC(C)=O)[C@H]2OC(C)=O)ccc1O. The zero-order valence-corrected chi connectivity index (χ0v) is 20.8. The fraction of sp³-hybridized carbons (Fsp3) is 0.458. The van der Waals surface area contributed by atoms with Crippen molar-refractivity contribution in [3.63, 3.8) is 0 Å². The summed E-state index contributed by atoms with van der Waals surface area (Å²) in [6.07, 6.45) is -4.90. The van der Waals surface area contributed by atoms with E-state index in [4.69, 9.17) is 33.2 Å². The second kappa shape index (κ2) is 13.3. The number of methoxy groups -OCH3 is 1. The standard InChI is InChI=1S/C24H28O13/c1-12(25)32-11-19-21(33-13(2)26)22(34-14(3)27)23(35-15(4)28)24(36-19)37-20(30)9-7-16-6-8-17(29)18(10-16)31-5/h6-10,19,21-24,29H,11H2,1-5H3/b9-7+/t19-,21-,22+,23-,24-/m1/s1. The van der Waals surface area contributed by atoms with Crippen LogP contribution >= 0.6 is 0 Å². The van der Waals surface area contributed by atoms with Crippen molar-refractivity contribution in [2.75, 3.05) is 13.7 Å². The molecular weight excluding hydrogens is 496 g/mol. The first-order valence-electron chi connectivity index (χ1n) is 11.0. The Bertz CT molecular complexity index is 1050. The smallest absolute Gasteiger partial charge is 0.333 e. The summed E-state index contributed by atoms with van der Waals surface area (Å²) in [5, 5.41) is 9.70. The molecule has 37 heavy (non-hydrogen) atoms. The highest BCUT2D eigenvalue weighted by Crippen LogP contribution is 2.30. The van der Waals surface area contributed by atoms with Gasteiger partial charge in [0.15, 0.2) is 23.7 Å². The Hall–Kier alpha value is -4.13. The van der Waals surface area contributed by atoms with E-state index in [1.165, 1.54) is 31.4 Å². The van der Waals surface area contributed by atoms with Crippen molar-refractivity contribution in [1.82, 2.24) is 0 Å². The Kier molecular flexibility index (Phi) is 10.4. The lowest BCUT2D eigenvalue weighted by Gasteiger charge is -2.43. The molecule has 1 aromatic rings. The van der Waals surface area contributed by atoms with Gasteiger partial charge in [-0.25, -0.2) is 4.79 Å². The number of ether oxygens (including phenoxy) is 7. The summed E-state index contributed by atoms with van der Waals surface area (Å²) in [7, 11) is 1.36. The van der Waals surface area contributed by atoms with E-state index < -0.39 is 67.2 Å². The van der Waals surface area contributed by atoms with Crippen molar-refractivity contribution < 1.29 is 62.2 Å². The lowest BCUT2D eigenvalue weighted by molar-refractivity contribution is -0.299. The maximum Gasteiger partial charge on any atom is 0.333 e. The van der Waals surface area contributed by atoms with Gasteiger partial charge < -0.3 is 38.3 Å². The molecule has 0 amide bonds. The van der Waals surface area contributed by atoms with Crippen LogP contribution in [0.15, 0.2) is 24.3 Å². The number of rotatable bonds is 9. The first-order chi connectivity index (χ1) is 17.4. The molecule has 1 aliphatic heterocycles. The minimum atomic E-state index is -1.65. The molecule has 0 bridgehead atoms. The first-order valence-corrected chi connectivity index (χ1v) is 11.0. The molecule has 0 aliphatic carbocycles. The highest BCUT2D eigenvalue weighted by atomic mass is 16.7. The molecule has 1 aliphatic rings. The first kappa shape index (κ1) is 29.1. The van der Waals surface area contributed by atoms with Crippen molar-refractivity contribution in [1.29, 1.82) is 0 Å². The second-order valence-corrected chi connectivity index (χ2v) is 7.77. The molecule has 0 aromatic heterocycles. The topological polar surface area (TPSA) is 170 Å². The van der Waals surface area contributed by atoms with Crippen LogP contribution in [0, 0.1) is 0 Å². The van der Waals surface area contributed by atoms with E-state index in [9.17, 15) is 29.1 Å². The number of hydrogen-bond acceptors (Lipinski definition) is 13. The van der Waals surface area contributed by atoms with Crippen LogP contribution in [0.25, 0.3) is 6.08 Å². The minimum absolute atomic E-state index is 0.0975. The zero-order valence-electron chi connectivity index (χ0n) is 20.8.